The predicted molar refractivity (Wildman–Crippen MR) is 77.3 cm³/mol. The fourth-order valence-corrected chi connectivity index (χ4v) is 2.02. The molecule has 0 radical (unpaired) electrons. The van der Waals surface area contributed by atoms with E-state index in [-0.39, 0.29) is 5.71 Å². The van der Waals surface area contributed by atoms with E-state index in [1.807, 2.05) is 13.0 Å². The Morgan fingerprint density at radius 3 is 2.26 bits per heavy atom. The number of ether oxygens (including phenoxy) is 2. The van der Waals surface area contributed by atoms with Gasteiger partial charge in [0.1, 0.15) is 0 Å². The van der Waals surface area contributed by atoms with Crippen LogP contribution in [-0.4, -0.2) is 23.4 Å². The average Bonchev–Trinajstić information content (AvgIpc) is 2.27. The van der Waals surface area contributed by atoms with E-state index in [1.54, 1.807) is 12.1 Å². The quantitative estimate of drug-likeness (QED) is 0.561. The molecule has 1 fully saturated rings. The lowest BCUT2D eigenvalue weighted by atomic mass is 10.2. The van der Waals surface area contributed by atoms with E-state index < -0.39 is 17.7 Å². The van der Waals surface area contributed by atoms with Gasteiger partial charge in [0.25, 0.3) is 5.79 Å². The van der Waals surface area contributed by atoms with Crippen LogP contribution >= 0.6 is 22.6 Å². The van der Waals surface area contributed by atoms with E-state index >= 15 is 0 Å². The third kappa shape index (κ3) is 3.12. The maximum atomic E-state index is 11.7. The van der Waals surface area contributed by atoms with Gasteiger partial charge < -0.3 is 9.47 Å². The number of carbonyl (C=O) groups excluding carboxylic acids is 2. The molecule has 0 unspecified atom stereocenters. The van der Waals surface area contributed by atoms with Crippen LogP contribution in [0, 0.1) is 10.5 Å². The van der Waals surface area contributed by atoms with Crippen LogP contribution in [0.4, 0.5) is 5.69 Å². The lowest BCUT2D eigenvalue weighted by Gasteiger charge is -2.29. The fraction of sp³-hybridized carbons (Fsp3) is 0.308. The Morgan fingerprint density at radius 2 is 1.74 bits per heavy atom. The molecular formula is C13H12INO4. The minimum absolute atomic E-state index is 0.334. The Labute approximate surface area is 124 Å². The molecule has 100 valence electrons. The van der Waals surface area contributed by atoms with Crippen molar-refractivity contribution >= 4 is 45.9 Å². The number of hydrogen-bond donors (Lipinski definition) is 0. The highest BCUT2D eigenvalue weighted by Crippen LogP contribution is 2.23. The molecule has 2 rings (SSSR count). The van der Waals surface area contributed by atoms with Crippen molar-refractivity contribution in [2.45, 2.75) is 26.6 Å². The van der Waals surface area contributed by atoms with Crippen LogP contribution in [0.5, 0.6) is 0 Å². The van der Waals surface area contributed by atoms with Gasteiger partial charge in [0.15, 0.2) is 0 Å². The summed E-state index contributed by atoms with van der Waals surface area (Å²) >= 11 is 2.16. The van der Waals surface area contributed by atoms with E-state index in [9.17, 15) is 9.59 Å². The van der Waals surface area contributed by atoms with Crippen molar-refractivity contribution in [1.82, 2.24) is 0 Å². The number of esters is 2. The molecule has 1 aliphatic heterocycles. The van der Waals surface area contributed by atoms with E-state index in [0.717, 1.165) is 9.13 Å². The van der Waals surface area contributed by atoms with Gasteiger partial charge in [-0.1, -0.05) is 6.07 Å². The number of rotatable bonds is 1. The van der Waals surface area contributed by atoms with Crippen molar-refractivity contribution in [2.75, 3.05) is 0 Å². The van der Waals surface area contributed by atoms with Gasteiger partial charge in [-0.2, -0.15) is 0 Å². The molecule has 19 heavy (non-hydrogen) atoms. The number of carbonyl (C=O) groups is 2. The minimum atomic E-state index is -1.24. The lowest BCUT2D eigenvalue weighted by Crippen LogP contribution is -2.46. The Morgan fingerprint density at radius 1 is 1.16 bits per heavy atom. The van der Waals surface area contributed by atoms with Gasteiger partial charge in [0.2, 0.25) is 5.71 Å². The van der Waals surface area contributed by atoms with Gasteiger partial charge in [-0.15, -0.1) is 0 Å². The van der Waals surface area contributed by atoms with Crippen LogP contribution < -0.4 is 0 Å². The minimum Gasteiger partial charge on any atom is -0.418 e. The van der Waals surface area contributed by atoms with E-state index in [4.69, 9.17) is 9.47 Å². The molecule has 6 heteroatoms. The van der Waals surface area contributed by atoms with Crippen molar-refractivity contribution in [1.29, 1.82) is 0 Å². The second-order valence-corrected chi connectivity index (χ2v) is 5.73. The first-order valence-corrected chi connectivity index (χ1v) is 6.68. The SMILES string of the molecule is Cc1ccc(N=C2C(=O)OC(C)(C)OC2=O)cc1I. The molecule has 1 aromatic carbocycles. The molecule has 0 saturated carbocycles. The van der Waals surface area contributed by atoms with Gasteiger partial charge in [-0.05, 0) is 47.2 Å². The number of benzene rings is 1. The Hall–Kier alpha value is -1.44. The monoisotopic (exact) mass is 373 g/mol. The zero-order chi connectivity index (χ0) is 14.2. The van der Waals surface area contributed by atoms with Crippen molar-refractivity contribution in [3.63, 3.8) is 0 Å². The van der Waals surface area contributed by atoms with Crippen molar-refractivity contribution < 1.29 is 19.1 Å². The molecule has 1 heterocycles. The van der Waals surface area contributed by atoms with Gasteiger partial charge in [0.05, 0.1) is 5.69 Å². The third-order valence-electron chi connectivity index (χ3n) is 2.46. The normalized spacial score (nSPS) is 17.8. The van der Waals surface area contributed by atoms with Crippen LogP contribution in [0.15, 0.2) is 23.2 Å². The topological polar surface area (TPSA) is 65.0 Å². The second-order valence-electron chi connectivity index (χ2n) is 4.57. The summed E-state index contributed by atoms with van der Waals surface area (Å²) in [5, 5.41) is 0. The molecule has 0 bridgehead atoms. The first-order chi connectivity index (χ1) is 8.78. The van der Waals surface area contributed by atoms with Crippen LogP contribution in [-0.2, 0) is 19.1 Å². The number of aryl methyl sites for hydroxylation is 1. The van der Waals surface area contributed by atoms with Gasteiger partial charge in [-0.25, -0.2) is 14.6 Å². The highest BCUT2D eigenvalue weighted by molar-refractivity contribution is 14.1. The third-order valence-corrected chi connectivity index (χ3v) is 3.62. The van der Waals surface area contributed by atoms with Crippen LogP contribution in [0.1, 0.15) is 19.4 Å². The first kappa shape index (κ1) is 14.0. The molecule has 1 saturated heterocycles. The van der Waals surface area contributed by atoms with Crippen molar-refractivity contribution in [2.24, 2.45) is 4.99 Å². The highest BCUT2D eigenvalue weighted by Gasteiger charge is 2.40. The van der Waals surface area contributed by atoms with E-state index in [2.05, 4.69) is 27.6 Å². The fourth-order valence-electron chi connectivity index (χ4n) is 1.52. The molecule has 5 nitrogen and oxygen atoms in total. The number of hydrogen-bond acceptors (Lipinski definition) is 5. The summed E-state index contributed by atoms with van der Waals surface area (Å²) < 4.78 is 10.9. The summed E-state index contributed by atoms with van der Waals surface area (Å²) in [6.45, 7) is 4.95. The molecule has 1 aliphatic rings. The van der Waals surface area contributed by atoms with E-state index in [0.29, 0.717) is 5.69 Å². The number of aliphatic imine (C=N–C) groups is 1. The van der Waals surface area contributed by atoms with Gasteiger partial charge in [-0.3, -0.25) is 0 Å². The number of cyclic esters (lactones) is 2. The Kier molecular flexibility index (Phi) is 3.62. The summed E-state index contributed by atoms with van der Waals surface area (Å²) in [7, 11) is 0. The average molecular weight is 373 g/mol. The highest BCUT2D eigenvalue weighted by atomic mass is 127. The van der Waals surface area contributed by atoms with Gasteiger partial charge in [0, 0.05) is 17.4 Å². The van der Waals surface area contributed by atoms with Crippen LogP contribution in [0.25, 0.3) is 0 Å². The Bertz CT molecular complexity index is 570. The maximum Gasteiger partial charge on any atom is 0.367 e. The first-order valence-electron chi connectivity index (χ1n) is 5.60. The second kappa shape index (κ2) is 4.92. The molecule has 0 aromatic heterocycles. The summed E-state index contributed by atoms with van der Waals surface area (Å²) in [6, 6.07) is 5.37. The molecule has 0 amide bonds. The summed E-state index contributed by atoms with van der Waals surface area (Å²) in [5.74, 6) is -2.77. The number of nitrogens with zero attached hydrogens (tertiary/aromatic N) is 1. The zero-order valence-electron chi connectivity index (χ0n) is 10.7. The van der Waals surface area contributed by atoms with Crippen molar-refractivity contribution in [3.8, 4) is 0 Å². The van der Waals surface area contributed by atoms with E-state index in [1.165, 1.54) is 13.8 Å². The predicted octanol–water partition coefficient (Wildman–Crippen LogP) is 2.51. The number of halogens is 1. The van der Waals surface area contributed by atoms with Crippen LogP contribution in [0.2, 0.25) is 0 Å². The van der Waals surface area contributed by atoms with Crippen LogP contribution in [0.3, 0.4) is 0 Å². The molecule has 0 N–H and O–H groups in total. The molecular weight excluding hydrogens is 361 g/mol. The Balaban J connectivity index is 2.35. The summed E-state index contributed by atoms with van der Waals surface area (Å²) in [6.07, 6.45) is 0. The smallest absolute Gasteiger partial charge is 0.367 e. The molecule has 0 atom stereocenters. The van der Waals surface area contributed by atoms with Crippen molar-refractivity contribution in [3.05, 3.63) is 27.3 Å². The largest absolute Gasteiger partial charge is 0.418 e. The van der Waals surface area contributed by atoms with Gasteiger partial charge >= 0.3 is 11.9 Å². The molecule has 0 spiro atoms. The standard InChI is InChI=1S/C13H12INO4/c1-7-4-5-8(6-9(7)14)15-10-11(16)18-13(2,3)19-12(10)17/h4-6H,1-3H3. The summed E-state index contributed by atoms with van der Waals surface area (Å²) in [4.78, 5) is 27.5. The lowest BCUT2D eigenvalue weighted by molar-refractivity contribution is -0.214. The zero-order valence-corrected chi connectivity index (χ0v) is 12.8. The molecule has 0 aliphatic carbocycles. The summed E-state index contributed by atoms with van der Waals surface area (Å²) in [5.41, 5.74) is 1.28. The maximum absolute atomic E-state index is 11.7. The molecule has 1 aromatic rings.